The Morgan fingerprint density at radius 2 is 2.53 bits per heavy atom. The van der Waals surface area contributed by atoms with Gasteiger partial charge in [0, 0.05) is 25.3 Å². The zero-order chi connectivity index (χ0) is 12.3. The molecule has 1 saturated heterocycles. The molecule has 0 aliphatic carbocycles. The zero-order valence-corrected chi connectivity index (χ0v) is 9.84. The van der Waals surface area contributed by atoms with Gasteiger partial charge >= 0.3 is 0 Å². The Hall–Kier alpha value is -1.64. The molecule has 5 heteroatoms. The lowest BCUT2D eigenvalue weighted by molar-refractivity contribution is 0.0275. The van der Waals surface area contributed by atoms with Gasteiger partial charge in [-0.05, 0) is 13.0 Å². The molecule has 0 radical (unpaired) electrons. The molecule has 1 aliphatic heterocycles. The maximum absolute atomic E-state index is 9.06. The van der Waals surface area contributed by atoms with Crippen LogP contribution in [0.15, 0.2) is 18.5 Å². The number of anilines is 1. The number of ether oxygens (including phenoxy) is 1. The topological polar surface area (TPSA) is 75.2 Å². The van der Waals surface area contributed by atoms with Crippen molar-refractivity contribution in [2.24, 2.45) is 5.73 Å². The molecule has 2 rings (SSSR count). The van der Waals surface area contributed by atoms with Gasteiger partial charge in [0.25, 0.3) is 0 Å². The lowest BCUT2D eigenvalue weighted by Gasteiger charge is -2.36. The molecular formula is C12H16N4O. The maximum atomic E-state index is 9.06. The first-order chi connectivity index (χ1) is 8.22. The molecule has 0 amide bonds. The number of aromatic nitrogens is 1. The first-order valence-electron chi connectivity index (χ1n) is 5.68. The van der Waals surface area contributed by atoms with Gasteiger partial charge in [0.1, 0.15) is 6.07 Å². The predicted octanol–water partition coefficient (Wildman–Crippen LogP) is 0.506. The molecule has 2 heterocycles. The van der Waals surface area contributed by atoms with E-state index >= 15 is 0 Å². The van der Waals surface area contributed by atoms with Crippen LogP contribution in [0.2, 0.25) is 0 Å². The van der Waals surface area contributed by atoms with Crippen molar-refractivity contribution in [2.75, 3.05) is 24.6 Å². The van der Waals surface area contributed by atoms with Crippen LogP contribution in [0.25, 0.3) is 0 Å². The van der Waals surface area contributed by atoms with E-state index in [4.69, 9.17) is 15.7 Å². The van der Waals surface area contributed by atoms with Crippen molar-refractivity contribution >= 4 is 5.69 Å². The average Bonchev–Trinajstić information content (AvgIpc) is 2.39. The van der Waals surface area contributed by atoms with E-state index in [2.05, 4.69) is 16.0 Å². The van der Waals surface area contributed by atoms with Gasteiger partial charge in [0.05, 0.1) is 30.2 Å². The minimum Gasteiger partial charge on any atom is -0.373 e. The third-order valence-electron chi connectivity index (χ3n) is 2.94. The van der Waals surface area contributed by atoms with Gasteiger partial charge in [-0.2, -0.15) is 5.26 Å². The summed E-state index contributed by atoms with van der Waals surface area (Å²) in [4.78, 5) is 6.19. The molecule has 90 valence electrons. The quantitative estimate of drug-likeness (QED) is 0.804. The summed E-state index contributed by atoms with van der Waals surface area (Å²) in [7, 11) is 0. The first-order valence-corrected chi connectivity index (χ1v) is 5.68. The summed E-state index contributed by atoms with van der Waals surface area (Å²) in [5.41, 5.74) is 7.35. The minimum absolute atomic E-state index is 0.00972. The number of rotatable bonds is 2. The largest absolute Gasteiger partial charge is 0.373 e. The van der Waals surface area contributed by atoms with Crippen molar-refractivity contribution in [2.45, 2.75) is 19.1 Å². The van der Waals surface area contributed by atoms with E-state index in [9.17, 15) is 0 Å². The number of morpholine rings is 1. The van der Waals surface area contributed by atoms with E-state index < -0.39 is 0 Å². The Bertz CT molecular complexity index is 427. The molecule has 1 fully saturated rings. The van der Waals surface area contributed by atoms with Gasteiger partial charge in [0.2, 0.25) is 0 Å². The zero-order valence-electron chi connectivity index (χ0n) is 9.84. The molecule has 5 nitrogen and oxygen atoms in total. The Kier molecular flexibility index (Phi) is 3.57. The van der Waals surface area contributed by atoms with Crippen LogP contribution in [0.5, 0.6) is 0 Å². The number of hydrogen-bond acceptors (Lipinski definition) is 5. The SMILES string of the molecule is CC(N)C1CN(c2cnccc2C#N)CCO1. The predicted molar refractivity (Wildman–Crippen MR) is 64.6 cm³/mol. The van der Waals surface area contributed by atoms with E-state index in [1.54, 1.807) is 18.5 Å². The van der Waals surface area contributed by atoms with Crippen molar-refractivity contribution < 1.29 is 4.74 Å². The lowest BCUT2D eigenvalue weighted by atomic mass is 10.1. The van der Waals surface area contributed by atoms with Crippen LogP contribution in [-0.4, -0.2) is 36.8 Å². The van der Waals surface area contributed by atoms with Gasteiger partial charge < -0.3 is 15.4 Å². The molecule has 0 spiro atoms. The second-order valence-corrected chi connectivity index (χ2v) is 4.22. The van der Waals surface area contributed by atoms with E-state index in [0.717, 1.165) is 12.2 Å². The van der Waals surface area contributed by atoms with Crippen LogP contribution >= 0.6 is 0 Å². The fourth-order valence-electron chi connectivity index (χ4n) is 1.94. The van der Waals surface area contributed by atoms with Gasteiger partial charge in [-0.1, -0.05) is 0 Å². The normalized spacial score (nSPS) is 21.9. The van der Waals surface area contributed by atoms with Gasteiger partial charge in [0.15, 0.2) is 0 Å². The van der Waals surface area contributed by atoms with E-state index in [-0.39, 0.29) is 12.1 Å². The fourth-order valence-corrected chi connectivity index (χ4v) is 1.94. The molecule has 1 aliphatic rings. The third-order valence-corrected chi connectivity index (χ3v) is 2.94. The molecule has 2 N–H and O–H groups in total. The first kappa shape index (κ1) is 11.8. The van der Waals surface area contributed by atoms with E-state index in [1.807, 2.05) is 6.92 Å². The highest BCUT2D eigenvalue weighted by Crippen LogP contribution is 2.21. The summed E-state index contributed by atoms with van der Waals surface area (Å²) in [5.74, 6) is 0. The van der Waals surface area contributed by atoms with Crippen molar-refractivity contribution in [1.29, 1.82) is 5.26 Å². The highest BCUT2D eigenvalue weighted by molar-refractivity contribution is 5.57. The van der Waals surface area contributed by atoms with Crippen molar-refractivity contribution in [3.05, 3.63) is 24.0 Å². The van der Waals surface area contributed by atoms with Gasteiger partial charge in [-0.15, -0.1) is 0 Å². The Labute approximate surface area is 101 Å². The molecule has 1 aromatic heterocycles. The number of pyridine rings is 1. The summed E-state index contributed by atoms with van der Waals surface area (Å²) in [6.07, 6.45) is 3.36. The van der Waals surface area contributed by atoms with Crippen LogP contribution < -0.4 is 10.6 Å². The van der Waals surface area contributed by atoms with Gasteiger partial charge in [-0.3, -0.25) is 4.98 Å². The summed E-state index contributed by atoms with van der Waals surface area (Å²) in [6.45, 7) is 4.04. The van der Waals surface area contributed by atoms with E-state index in [0.29, 0.717) is 18.7 Å². The minimum atomic E-state index is -0.0139. The summed E-state index contributed by atoms with van der Waals surface area (Å²) < 4.78 is 5.59. The number of nitriles is 1. The maximum Gasteiger partial charge on any atom is 0.101 e. The monoisotopic (exact) mass is 232 g/mol. The number of nitrogens with two attached hydrogens (primary N) is 1. The highest BCUT2D eigenvalue weighted by atomic mass is 16.5. The molecular weight excluding hydrogens is 216 g/mol. The average molecular weight is 232 g/mol. The van der Waals surface area contributed by atoms with Gasteiger partial charge in [-0.25, -0.2) is 0 Å². The molecule has 17 heavy (non-hydrogen) atoms. The molecule has 2 unspecified atom stereocenters. The lowest BCUT2D eigenvalue weighted by Crippen LogP contribution is -2.49. The van der Waals surface area contributed by atoms with Crippen LogP contribution in [0.1, 0.15) is 12.5 Å². The molecule has 0 aromatic carbocycles. The van der Waals surface area contributed by atoms with Crippen molar-refractivity contribution in [1.82, 2.24) is 4.98 Å². The summed E-state index contributed by atoms with van der Waals surface area (Å²) >= 11 is 0. The second-order valence-electron chi connectivity index (χ2n) is 4.22. The Balaban J connectivity index is 2.19. The Morgan fingerprint density at radius 3 is 3.24 bits per heavy atom. The molecule has 2 atom stereocenters. The van der Waals surface area contributed by atoms with Crippen molar-refractivity contribution in [3.63, 3.8) is 0 Å². The van der Waals surface area contributed by atoms with Crippen LogP contribution in [0.3, 0.4) is 0 Å². The van der Waals surface area contributed by atoms with Crippen molar-refractivity contribution in [3.8, 4) is 6.07 Å². The highest BCUT2D eigenvalue weighted by Gasteiger charge is 2.24. The second kappa shape index (κ2) is 5.13. The number of nitrogens with zero attached hydrogens (tertiary/aromatic N) is 3. The summed E-state index contributed by atoms with van der Waals surface area (Å²) in [6, 6.07) is 3.90. The third kappa shape index (κ3) is 2.54. The van der Waals surface area contributed by atoms with E-state index in [1.165, 1.54) is 0 Å². The number of hydrogen-bond donors (Lipinski definition) is 1. The summed E-state index contributed by atoms with van der Waals surface area (Å²) in [5, 5.41) is 9.06. The van der Waals surface area contributed by atoms with Crippen LogP contribution in [0, 0.1) is 11.3 Å². The Morgan fingerprint density at radius 1 is 1.71 bits per heavy atom. The molecule has 1 aromatic rings. The van der Waals surface area contributed by atoms with Crippen LogP contribution in [-0.2, 0) is 4.74 Å². The molecule has 0 saturated carbocycles. The smallest absolute Gasteiger partial charge is 0.101 e. The van der Waals surface area contributed by atoms with Crippen LogP contribution in [0.4, 0.5) is 5.69 Å². The standard InChI is InChI=1S/C12H16N4O/c1-9(14)12-8-16(4-5-17-12)11-7-15-3-2-10(11)6-13/h2-3,7,9,12H,4-5,8,14H2,1H3. The molecule has 0 bridgehead atoms. The fraction of sp³-hybridized carbons (Fsp3) is 0.500.